The molecule has 92 valence electrons. The molecular weight excluding hydrogens is 228 g/mol. The normalized spacial score (nSPS) is 10.3. The first kappa shape index (κ1) is 12.2. The Balaban J connectivity index is 2.48. The summed E-state index contributed by atoms with van der Waals surface area (Å²) in [6.45, 7) is 3.61. The minimum Gasteiger partial charge on any atom is -0.508 e. The Morgan fingerprint density at radius 2 is 1.50 bits per heavy atom. The quantitative estimate of drug-likeness (QED) is 0.848. The molecule has 0 aliphatic heterocycles. The summed E-state index contributed by atoms with van der Waals surface area (Å²) in [4.78, 5) is 10.9. The number of aryl methyl sites for hydroxylation is 2. The van der Waals surface area contributed by atoms with Gasteiger partial charge >= 0.3 is 5.97 Å². The molecule has 0 radical (unpaired) electrons. The van der Waals surface area contributed by atoms with Crippen molar-refractivity contribution in [1.82, 2.24) is 0 Å². The van der Waals surface area contributed by atoms with Crippen LogP contribution in [0.2, 0.25) is 0 Å². The molecule has 0 unspecified atom stereocenters. The number of carbonyl (C=O) groups is 1. The van der Waals surface area contributed by atoms with Gasteiger partial charge in [0.2, 0.25) is 0 Å². The standard InChI is InChI=1S/C15H14O3/c1-9-7-11(3-5-13(9)15(17)18)12-4-6-14(16)10(2)8-12/h3-8,16H,1-2H3,(H,17,18). The smallest absolute Gasteiger partial charge is 0.335 e. The van der Waals surface area contributed by atoms with Crippen LogP contribution in [0.15, 0.2) is 36.4 Å². The molecule has 3 heteroatoms. The van der Waals surface area contributed by atoms with Gasteiger partial charge in [0.1, 0.15) is 5.75 Å². The third kappa shape index (κ3) is 2.20. The number of carboxylic acids is 1. The van der Waals surface area contributed by atoms with Gasteiger partial charge in [-0.2, -0.15) is 0 Å². The highest BCUT2D eigenvalue weighted by Gasteiger charge is 2.08. The van der Waals surface area contributed by atoms with Gasteiger partial charge in [0.15, 0.2) is 0 Å². The number of hydrogen-bond acceptors (Lipinski definition) is 2. The number of aromatic hydroxyl groups is 1. The molecule has 0 bridgehead atoms. The van der Waals surface area contributed by atoms with Crippen molar-refractivity contribution in [3.05, 3.63) is 53.1 Å². The molecule has 2 aromatic carbocycles. The second-order valence-electron chi connectivity index (χ2n) is 4.34. The Hall–Kier alpha value is -2.29. The summed E-state index contributed by atoms with van der Waals surface area (Å²) in [5.74, 6) is -0.654. The summed E-state index contributed by atoms with van der Waals surface area (Å²) in [5, 5.41) is 18.5. The van der Waals surface area contributed by atoms with E-state index < -0.39 is 5.97 Å². The minimum absolute atomic E-state index is 0.262. The Morgan fingerprint density at radius 1 is 0.944 bits per heavy atom. The zero-order valence-electron chi connectivity index (χ0n) is 10.3. The van der Waals surface area contributed by atoms with E-state index in [1.807, 2.05) is 25.1 Å². The lowest BCUT2D eigenvalue weighted by atomic mass is 9.98. The van der Waals surface area contributed by atoms with Gasteiger partial charge in [0.25, 0.3) is 0 Å². The Kier molecular flexibility index (Phi) is 3.06. The number of carboxylic acid groups (broad SMARTS) is 1. The molecule has 18 heavy (non-hydrogen) atoms. The van der Waals surface area contributed by atoms with Crippen molar-refractivity contribution in [1.29, 1.82) is 0 Å². The summed E-state index contributed by atoms with van der Waals surface area (Å²) in [7, 11) is 0. The van der Waals surface area contributed by atoms with Gasteiger partial charge in [-0.3, -0.25) is 0 Å². The van der Waals surface area contributed by atoms with Crippen LogP contribution in [0.25, 0.3) is 11.1 Å². The second kappa shape index (κ2) is 4.53. The van der Waals surface area contributed by atoms with E-state index in [9.17, 15) is 9.90 Å². The molecule has 3 nitrogen and oxygen atoms in total. The molecule has 0 spiro atoms. The van der Waals surface area contributed by atoms with Gasteiger partial charge in [-0.25, -0.2) is 4.79 Å². The molecule has 2 rings (SSSR count). The summed E-state index contributed by atoms with van der Waals surface area (Å²) in [6.07, 6.45) is 0. The lowest BCUT2D eigenvalue weighted by Crippen LogP contribution is -1.99. The average Bonchev–Trinajstić information content (AvgIpc) is 2.32. The van der Waals surface area contributed by atoms with Crippen LogP contribution in [0.5, 0.6) is 5.75 Å². The molecule has 0 aromatic heterocycles. The van der Waals surface area contributed by atoms with Gasteiger partial charge in [-0.05, 0) is 54.3 Å². The van der Waals surface area contributed by atoms with E-state index in [4.69, 9.17) is 5.11 Å². The van der Waals surface area contributed by atoms with Gasteiger partial charge in [0, 0.05) is 0 Å². The fourth-order valence-corrected chi connectivity index (χ4v) is 1.92. The third-order valence-corrected chi connectivity index (χ3v) is 2.99. The fourth-order valence-electron chi connectivity index (χ4n) is 1.92. The molecule has 2 aromatic rings. The monoisotopic (exact) mass is 242 g/mol. The number of phenols is 1. The zero-order valence-corrected chi connectivity index (χ0v) is 10.3. The Labute approximate surface area is 105 Å². The number of rotatable bonds is 2. The molecular formula is C15H14O3. The summed E-state index contributed by atoms with van der Waals surface area (Å²) < 4.78 is 0. The summed E-state index contributed by atoms with van der Waals surface area (Å²) in [5.41, 5.74) is 3.75. The van der Waals surface area contributed by atoms with Crippen molar-refractivity contribution >= 4 is 5.97 Å². The van der Waals surface area contributed by atoms with Crippen LogP contribution in [0.1, 0.15) is 21.5 Å². The topological polar surface area (TPSA) is 57.5 Å². The second-order valence-corrected chi connectivity index (χ2v) is 4.34. The van der Waals surface area contributed by atoms with E-state index in [2.05, 4.69) is 0 Å². The first-order chi connectivity index (χ1) is 8.49. The van der Waals surface area contributed by atoms with Crippen molar-refractivity contribution in [2.75, 3.05) is 0 Å². The van der Waals surface area contributed by atoms with Crippen LogP contribution in [0, 0.1) is 13.8 Å². The maximum absolute atomic E-state index is 10.9. The Morgan fingerprint density at radius 3 is 2.00 bits per heavy atom. The lowest BCUT2D eigenvalue weighted by Gasteiger charge is -2.07. The van der Waals surface area contributed by atoms with E-state index in [-0.39, 0.29) is 5.75 Å². The van der Waals surface area contributed by atoms with E-state index in [0.717, 1.165) is 22.3 Å². The molecule has 0 fully saturated rings. The SMILES string of the molecule is Cc1cc(-c2ccc(C(=O)O)c(C)c2)ccc1O. The van der Waals surface area contributed by atoms with E-state index in [1.54, 1.807) is 25.1 Å². The highest BCUT2D eigenvalue weighted by atomic mass is 16.4. The molecule has 0 aliphatic rings. The van der Waals surface area contributed by atoms with Gasteiger partial charge in [-0.15, -0.1) is 0 Å². The lowest BCUT2D eigenvalue weighted by molar-refractivity contribution is 0.0696. The van der Waals surface area contributed by atoms with E-state index in [1.165, 1.54) is 0 Å². The summed E-state index contributed by atoms with van der Waals surface area (Å²) in [6, 6.07) is 10.6. The fraction of sp³-hybridized carbons (Fsp3) is 0.133. The van der Waals surface area contributed by atoms with Crippen LogP contribution in [-0.4, -0.2) is 16.2 Å². The molecule has 0 atom stereocenters. The third-order valence-electron chi connectivity index (χ3n) is 2.99. The number of aromatic carboxylic acids is 1. The molecule has 0 heterocycles. The summed E-state index contributed by atoms with van der Waals surface area (Å²) >= 11 is 0. The van der Waals surface area contributed by atoms with E-state index in [0.29, 0.717) is 5.56 Å². The average molecular weight is 242 g/mol. The molecule has 2 N–H and O–H groups in total. The van der Waals surface area contributed by atoms with Gasteiger partial charge in [-0.1, -0.05) is 18.2 Å². The number of benzene rings is 2. The van der Waals surface area contributed by atoms with Crippen LogP contribution < -0.4 is 0 Å². The maximum Gasteiger partial charge on any atom is 0.335 e. The molecule has 0 amide bonds. The highest BCUT2D eigenvalue weighted by Crippen LogP contribution is 2.26. The predicted molar refractivity (Wildman–Crippen MR) is 70.0 cm³/mol. The zero-order chi connectivity index (χ0) is 13.3. The number of hydrogen-bond donors (Lipinski definition) is 2. The highest BCUT2D eigenvalue weighted by molar-refractivity contribution is 5.90. The first-order valence-electron chi connectivity index (χ1n) is 5.63. The van der Waals surface area contributed by atoms with Crippen molar-refractivity contribution in [3.8, 4) is 16.9 Å². The molecule has 0 saturated heterocycles. The van der Waals surface area contributed by atoms with Crippen molar-refractivity contribution in [3.63, 3.8) is 0 Å². The van der Waals surface area contributed by atoms with Crippen LogP contribution in [0.3, 0.4) is 0 Å². The van der Waals surface area contributed by atoms with E-state index >= 15 is 0 Å². The van der Waals surface area contributed by atoms with Crippen molar-refractivity contribution in [2.45, 2.75) is 13.8 Å². The van der Waals surface area contributed by atoms with Gasteiger partial charge < -0.3 is 10.2 Å². The molecule has 0 saturated carbocycles. The van der Waals surface area contributed by atoms with Crippen LogP contribution >= 0.6 is 0 Å². The minimum atomic E-state index is -0.916. The Bertz CT molecular complexity index is 615. The molecule has 0 aliphatic carbocycles. The maximum atomic E-state index is 10.9. The van der Waals surface area contributed by atoms with Crippen molar-refractivity contribution in [2.24, 2.45) is 0 Å². The van der Waals surface area contributed by atoms with Crippen LogP contribution in [0.4, 0.5) is 0 Å². The van der Waals surface area contributed by atoms with Gasteiger partial charge in [0.05, 0.1) is 5.56 Å². The van der Waals surface area contributed by atoms with Crippen LogP contribution in [-0.2, 0) is 0 Å². The predicted octanol–water partition coefficient (Wildman–Crippen LogP) is 3.37. The van der Waals surface area contributed by atoms with Crippen molar-refractivity contribution < 1.29 is 15.0 Å². The number of phenolic OH excluding ortho intramolecular Hbond substituents is 1. The first-order valence-corrected chi connectivity index (χ1v) is 5.63. The largest absolute Gasteiger partial charge is 0.508 e.